The second-order valence-electron chi connectivity index (χ2n) is 5.96. The number of rotatable bonds is 4. The summed E-state index contributed by atoms with van der Waals surface area (Å²) in [6.45, 7) is 0.916. The molecule has 1 amide bonds. The fourth-order valence-corrected chi connectivity index (χ4v) is 3.48. The molecule has 1 fully saturated rings. The first-order valence-electron chi connectivity index (χ1n) is 7.76. The Morgan fingerprint density at radius 3 is 2.74 bits per heavy atom. The lowest BCUT2D eigenvalue weighted by molar-refractivity contribution is -0.117. The second kappa shape index (κ2) is 5.45. The predicted octanol–water partition coefficient (Wildman–Crippen LogP) is 1.78. The van der Waals surface area contributed by atoms with Crippen LogP contribution in [0.2, 0.25) is 0 Å². The van der Waals surface area contributed by atoms with Gasteiger partial charge in [0.25, 0.3) is 5.91 Å². The molecule has 0 saturated carbocycles. The van der Waals surface area contributed by atoms with E-state index in [1.54, 1.807) is 6.07 Å². The Kier molecular flexibility index (Phi) is 3.41. The Hall–Kier alpha value is -2.21. The molecule has 2 aromatic rings. The van der Waals surface area contributed by atoms with Gasteiger partial charge in [0.05, 0.1) is 12.6 Å². The fourth-order valence-electron chi connectivity index (χ4n) is 3.48. The molecule has 118 valence electrons. The van der Waals surface area contributed by atoms with E-state index in [-0.39, 0.29) is 11.9 Å². The Morgan fingerprint density at radius 1 is 1.17 bits per heavy atom. The van der Waals surface area contributed by atoms with Gasteiger partial charge >= 0.3 is 0 Å². The molecule has 0 radical (unpaired) electrons. The number of carbonyl (C=O) groups is 1. The molecule has 2 N–H and O–H groups in total. The zero-order chi connectivity index (χ0) is 15.9. The number of nitrogens with zero attached hydrogens (tertiary/aromatic N) is 1. The highest BCUT2D eigenvalue weighted by Gasteiger charge is 2.57. The van der Waals surface area contributed by atoms with Crippen molar-refractivity contribution in [2.75, 3.05) is 6.54 Å². The van der Waals surface area contributed by atoms with Crippen LogP contribution in [0.25, 0.3) is 0 Å². The van der Waals surface area contributed by atoms with Gasteiger partial charge in [-0.25, -0.2) is 0 Å². The van der Waals surface area contributed by atoms with E-state index in [0.29, 0.717) is 30.7 Å². The van der Waals surface area contributed by atoms with Crippen molar-refractivity contribution in [3.05, 3.63) is 71.3 Å². The molecule has 2 aliphatic heterocycles. The Balaban J connectivity index is 1.52. The molecule has 5 heteroatoms. The normalized spacial score (nSPS) is 25.5. The average Bonchev–Trinajstić information content (AvgIpc) is 3.03. The van der Waals surface area contributed by atoms with E-state index in [9.17, 15) is 9.90 Å². The van der Waals surface area contributed by atoms with E-state index in [0.717, 1.165) is 5.56 Å². The first kappa shape index (κ1) is 14.4. The summed E-state index contributed by atoms with van der Waals surface area (Å²) in [5, 5.41) is 11.2. The third-order valence-corrected chi connectivity index (χ3v) is 4.65. The molecular weight excluding hydrogens is 292 g/mol. The van der Waals surface area contributed by atoms with Gasteiger partial charge in [-0.15, -0.1) is 0 Å². The minimum atomic E-state index is -1.33. The topological polar surface area (TPSA) is 61.8 Å². The summed E-state index contributed by atoms with van der Waals surface area (Å²) >= 11 is 0. The van der Waals surface area contributed by atoms with Crippen LogP contribution in [0.15, 0.2) is 54.6 Å². The molecule has 0 bridgehead atoms. The molecule has 0 spiro atoms. The van der Waals surface area contributed by atoms with Crippen LogP contribution in [-0.2, 0) is 17.2 Å². The van der Waals surface area contributed by atoms with Crippen LogP contribution < -0.4 is 5.48 Å². The van der Waals surface area contributed by atoms with Crippen LogP contribution in [0, 0.1) is 0 Å². The van der Waals surface area contributed by atoms with Crippen molar-refractivity contribution in [2.24, 2.45) is 0 Å². The summed E-state index contributed by atoms with van der Waals surface area (Å²) in [5.74, 6) is -0.115. The number of carbonyl (C=O) groups excluding carboxylic acids is 1. The number of benzene rings is 2. The van der Waals surface area contributed by atoms with Crippen molar-refractivity contribution in [3.63, 3.8) is 0 Å². The summed E-state index contributed by atoms with van der Waals surface area (Å²) in [6.07, 6.45) is 0.644. The van der Waals surface area contributed by atoms with Gasteiger partial charge in [0, 0.05) is 17.7 Å². The van der Waals surface area contributed by atoms with Crippen LogP contribution in [0.3, 0.4) is 0 Å². The average molecular weight is 310 g/mol. The summed E-state index contributed by atoms with van der Waals surface area (Å²) in [6, 6.07) is 16.7. The van der Waals surface area contributed by atoms with E-state index in [1.165, 1.54) is 4.90 Å². The molecule has 0 aliphatic carbocycles. The SMILES string of the molecule is O=C1c2ccccc2[C@]2(O)[C@@H](NOCc3ccccc3)CCN12. The number of hydrogen-bond acceptors (Lipinski definition) is 4. The van der Waals surface area contributed by atoms with Crippen LogP contribution >= 0.6 is 0 Å². The third kappa shape index (κ3) is 2.16. The van der Waals surface area contributed by atoms with Crippen molar-refractivity contribution in [3.8, 4) is 0 Å². The number of nitrogens with one attached hydrogen (secondary N) is 1. The molecule has 2 aromatic carbocycles. The maximum absolute atomic E-state index is 12.4. The van der Waals surface area contributed by atoms with E-state index in [4.69, 9.17) is 4.84 Å². The highest BCUT2D eigenvalue weighted by atomic mass is 16.6. The van der Waals surface area contributed by atoms with Crippen molar-refractivity contribution >= 4 is 5.91 Å². The van der Waals surface area contributed by atoms with E-state index in [1.807, 2.05) is 48.5 Å². The molecular formula is C18H18N2O3. The summed E-state index contributed by atoms with van der Waals surface area (Å²) < 4.78 is 0. The lowest BCUT2D eigenvalue weighted by Crippen LogP contribution is -2.50. The first-order chi connectivity index (χ1) is 11.2. The molecule has 0 unspecified atom stereocenters. The molecule has 23 heavy (non-hydrogen) atoms. The quantitative estimate of drug-likeness (QED) is 0.845. The third-order valence-electron chi connectivity index (χ3n) is 4.65. The molecule has 4 rings (SSSR count). The maximum atomic E-state index is 12.4. The summed E-state index contributed by atoms with van der Waals surface area (Å²) in [7, 11) is 0. The van der Waals surface area contributed by atoms with Gasteiger partial charge in [0.2, 0.25) is 0 Å². The largest absolute Gasteiger partial charge is 0.365 e. The first-order valence-corrected chi connectivity index (χ1v) is 7.76. The number of fused-ring (bicyclic) bond motifs is 3. The van der Waals surface area contributed by atoms with Gasteiger partial charge in [-0.1, -0.05) is 48.5 Å². The van der Waals surface area contributed by atoms with Crippen molar-refractivity contribution < 1.29 is 14.7 Å². The zero-order valence-corrected chi connectivity index (χ0v) is 12.6. The van der Waals surface area contributed by atoms with Crippen LogP contribution in [-0.4, -0.2) is 28.5 Å². The van der Waals surface area contributed by atoms with E-state index < -0.39 is 5.72 Å². The minimum Gasteiger partial charge on any atom is -0.365 e. The lowest BCUT2D eigenvalue weighted by Gasteiger charge is -2.32. The Labute approximate surface area is 134 Å². The number of hydroxylamine groups is 1. The standard InChI is InChI=1S/C18H18N2O3/c21-17-14-8-4-5-9-15(14)18(22)16(10-11-20(17)18)19-23-12-13-6-2-1-3-7-13/h1-9,16,19,22H,10-12H2/t16-,18-/m0/s1. The van der Waals surface area contributed by atoms with Crippen LogP contribution in [0.1, 0.15) is 27.9 Å². The molecule has 1 saturated heterocycles. The van der Waals surface area contributed by atoms with Gasteiger partial charge < -0.3 is 10.0 Å². The molecule has 2 heterocycles. The molecule has 0 aromatic heterocycles. The van der Waals surface area contributed by atoms with Gasteiger partial charge in [0.1, 0.15) is 0 Å². The lowest BCUT2D eigenvalue weighted by atomic mass is 9.95. The van der Waals surface area contributed by atoms with Crippen LogP contribution in [0.4, 0.5) is 0 Å². The fraction of sp³-hybridized carbons (Fsp3) is 0.278. The minimum absolute atomic E-state index is 0.115. The van der Waals surface area contributed by atoms with Crippen molar-refractivity contribution in [1.29, 1.82) is 0 Å². The van der Waals surface area contributed by atoms with Gasteiger partial charge in [-0.05, 0) is 18.1 Å². The zero-order valence-electron chi connectivity index (χ0n) is 12.6. The van der Waals surface area contributed by atoms with E-state index >= 15 is 0 Å². The van der Waals surface area contributed by atoms with Crippen molar-refractivity contribution in [2.45, 2.75) is 24.8 Å². The van der Waals surface area contributed by atoms with Gasteiger partial charge in [-0.3, -0.25) is 9.63 Å². The molecule has 2 atom stereocenters. The maximum Gasteiger partial charge on any atom is 0.256 e. The van der Waals surface area contributed by atoms with Crippen LogP contribution in [0.5, 0.6) is 0 Å². The van der Waals surface area contributed by atoms with Crippen molar-refractivity contribution in [1.82, 2.24) is 10.4 Å². The monoisotopic (exact) mass is 310 g/mol. The molecule has 5 nitrogen and oxygen atoms in total. The van der Waals surface area contributed by atoms with Gasteiger partial charge in [0.15, 0.2) is 5.72 Å². The predicted molar refractivity (Wildman–Crippen MR) is 84.1 cm³/mol. The molecule has 2 aliphatic rings. The summed E-state index contributed by atoms with van der Waals surface area (Å²) in [4.78, 5) is 19.5. The highest BCUT2D eigenvalue weighted by molar-refractivity contribution is 6.00. The number of aliphatic hydroxyl groups is 1. The van der Waals surface area contributed by atoms with Gasteiger partial charge in [-0.2, -0.15) is 5.48 Å². The second-order valence-corrected chi connectivity index (χ2v) is 5.96. The Morgan fingerprint density at radius 2 is 1.91 bits per heavy atom. The Bertz CT molecular complexity index is 734. The highest BCUT2D eigenvalue weighted by Crippen LogP contribution is 2.44. The smallest absolute Gasteiger partial charge is 0.256 e. The number of hydrogen-bond donors (Lipinski definition) is 2. The summed E-state index contributed by atoms with van der Waals surface area (Å²) in [5.41, 5.74) is 3.91. The van der Waals surface area contributed by atoms with E-state index in [2.05, 4.69) is 5.48 Å². The number of amides is 1.